The van der Waals surface area contributed by atoms with Crippen LogP contribution in [0.4, 0.5) is 5.69 Å². The molecular weight excluding hydrogens is 408 g/mol. The highest BCUT2D eigenvalue weighted by Gasteiger charge is 2.13. The molecule has 0 aliphatic carbocycles. The largest absolute Gasteiger partial charge is 0.508 e. The van der Waals surface area contributed by atoms with Crippen LogP contribution in [0.15, 0.2) is 52.0 Å². The van der Waals surface area contributed by atoms with E-state index in [2.05, 4.69) is 31.8 Å². The minimum atomic E-state index is -0.638. The third-order valence-corrected chi connectivity index (χ3v) is 3.82. The monoisotopic (exact) mass is 420 g/mol. The van der Waals surface area contributed by atoms with E-state index in [1.165, 1.54) is 6.07 Å². The van der Waals surface area contributed by atoms with Gasteiger partial charge in [-0.05, 0) is 40.2 Å². The third-order valence-electron chi connectivity index (χ3n) is 3.13. The van der Waals surface area contributed by atoms with Gasteiger partial charge >= 0.3 is 0 Å². The van der Waals surface area contributed by atoms with Crippen molar-refractivity contribution in [3.05, 3.63) is 68.2 Å². The molecule has 0 bridgehead atoms. The topological polar surface area (TPSA) is 134 Å². The number of hydrogen-bond acceptors (Lipinski definition) is 6. The van der Waals surface area contributed by atoms with Gasteiger partial charge in [-0.25, -0.2) is 5.43 Å². The van der Waals surface area contributed by atoms with E-state index in [1.807, 2.05) is 0 Å². The lowest BCUT2D eigenvalue weighted by molar-refractivity contribution is -0.385. The Morgan fingerprint density at radius 3 is 2.69 bits per heavy atom. The Balaban J connectivity index is 1.92. The summed E-state index contributed by atoms with van der Waals surface area (Å²) in [6.45, 7) is -0.334. The van der Waals surface area contributed by atoms with E-state index in [9.17, 15) is 24.8 Å². The van der Waals surface area contributed by atoms with Crippen molar-refractivity contribution >= 4 is 39.6 Å². The van der Waals surface area contributed by atoms with E-state index >= 15 is 0 Å². The van der Waals surface area contributed by atoms with Crippen LogP contribution in [0, 0.1) is 10.1 Å². The van der Waals surface area contributed by atoms with Crippen molar-refractivity contribution in [2.45, 2.75) is 0 Å². The van der Waals surface area contributed by atoms with Gasteiger partial charge in [0.1, 0.15) is 5.75 Å². The summed E-state index contributed by atoms with van der Waals surface area (Å²) in [5.41, 5.74) is 2.26. The maximum absolute atomic E-state index is 12.0. The summed E-state index contributed by atoms with van der Waals surface area (Å²) in [7, 11) is 0. The van der Waals surface area contributed by atoms with Gasteiger partial charge in [-0.3, -0.25) is 19.7 Å². The number of benzene rings is 2. The Morgan fingerprint density at radius 2 is 2.00 bits per heavy atom. The molecule has 0 aliphatic rings. The second-order valence-corrected chi connectivity index (χ2v) is 5.81. The molecule has 10 heteroatoms. The van der Waals surface area contributed by atoms with Crippen LogP contribution in [0.3, 0.4) is 0 Å². The van der Waals surface area contributed by atoms with E-state index in [4.69, 9.17) is 0 Å². The van der Waals surface area contributed by atoms with Crippen LogP contribution in [0.2, 0.25) is 0 Å². The Labute approximate surface area is 156 Å². The van der Waals surface area contributed by atoms with Crippen LogP contribution < -0.4 is 10.7 Å². The van der Waals surface area contributed by atoms with Crippen molar-refractivity contribution in [1.82, 2.24) is 10.7 Å². The molecule has 0 radical (unpaired) electrons. The van der Waals surface area contributed by atoms with Gasteiger partial charge in [0.2, 0.25) is 0 Å². The van der Waals surface area contributed by atoms with Gasteiger partial charge in [0, 0.05) is 10.5 Å². The van der Waals surface area contributed by atoms with Crippen molar-refractivity contribution in [2.75, 3.05) is 6.54 Å². The number of hydrazone groups is 1. The zero-order valence-electron chi connectivity index (χ0n) is 13.2. The van der Waals surface area contributed by atoms with E-state index in [0.29, 0.717) is 10.0 Å². The van der Waals surface area contributed by atoms with Crippen molar-refractivity contribution in [3.63, 3.8) is 0 Å². The number of amides is 2. The number of carbonyl (C=O) groups excluding carboxylic acids is 2. The molecule has 0 spiro atoms. The molecule has 134 valence electrons. The zero-order chi connectivity index (χ0) is 19.1. The number of phenolic OH excluding ortho intramolecular Hbond substituents is 1. The van der Waals surface area contributed by atoms with Crippen LogP contribution in [-0.2, 0) is 4.79 Å². The number of halogens is 1. The Bertz CT molecular complexity index is 885. The molecule has 0 aromatic heterocycles. The molecule has 0 saturated heterocycles. The number of hydrogen-bond donors (Lipinski definition) is 3. The molecule has 9 nitrogen and oxygen atoms in total. The third kappa shape index (κ3) is 5.11. The number of phenols is 1. The first kappa shape index (κ1) is 19.1. The number of nitrogens with zero attached hydrogens (tertiary/aromatic N) is 2. The standard InChI is InChI=1S/C16H13BrN4O5/c17-13-4-2-1-3-12(13)16(24)18-9-15(23)20-19-8-10-7-11(22)5-6-14(10)21(25)26/h1-8,22H,9H2,(H,18,24)(H,20,23)/b19-8-. The smallest absolute Gasteiger partial charge is 0.278 e. The maximum Gasteiger partial charge on any atom is 0.278 e. The second kappa shape index (κ2) is 8.72. The van der Waals surface area contributed by atoms with E-state index in [1.54, 1.807) is 24.3 Å². The van der Waals surface area contributed by atoms with Crippen LogP contribution >= 0.6 is 15.9 Å². The highest BCUT2D eigenvalue weighted by molar-refractivity contribution is 9.10. The predicted molar refractivity (Wildman–Crippen MR) is 97.0 cm³/mol. The fraction of sp³-hybridized carbons (Fsp3) is 0.0625. The van der Waals surface area contributed by atoms with Gasteiger partial charge < -0.3 is 10.4 Å². The summed E-state index contributed by atoms with van der Waals surface area (Å²) in [6.07, 6.45) is 1.03. The number of rotatable bonds is 6. The van der Waals surface area contributed by atoms with E-state index < -0.39 is 16.7 Å². The summed E-state index contributed by atoms with van der Waals surface area (Å²) >= 11 is 3.24. The van der Waals surface area contributed by atoms with Crippen LogP contribution in [0.1, 0.15) is 15.9 Å². The zero-order valence-corrected chi connectivity index (χ0v) is 14.8. The molecule has 3 N–H and O–H groups in total. The molecule has 0 aliphatic heterocycles. The van der Waals surface area contributed by atoms with Gasteiger partial charge in [-0.1, -0.05) is 12.1 Å². The highest BCUT2D eigenvalue weighted by Crippen LogP contribution is 2.21. The average Bonchev–Trinajstić information content (AvgIpc) is 2.60. The number of nitro groups is 1. The lowest BCUT2D eigenvalue weighted by Gasteiger charge is -2.05. The van der Waals surface area contributed by atoms with Gasteiger partial charge in [-0.15, -0.1) is 0 Å². The molecule has 0 atom stereocenters. The fourth-order valence-corrected chi connectivity index (χ4v) is 2.39. The van der Waals surface area contributed by atoms with Crippen molar-refractivity contribution in [1.29, 1.82) is 0 Å². The molecule has 0 unspecified atom stereocenters. The molecule has 0 heterocycles. The first-order valence-corrected chi connectivity index (χ1v) is 8.00. The molecule has 26 heavy (non-hydrogen) atoms. The molecule has 2 amide bonds. The van der Waals surface area contributed by atoms with Crippen LogP contribution in [0.5, 0.6) is 5.75 Å². The molecular formula is C16H13BrN4O5. The van der Waals surface area contributed by atoms with E-state index in [0.717, 1.165) is 18.3 Å². The Morgan fingerprint density at radius 1 is 1.27 bits per heavy atom. The quantitative estimate of drug-likeness (QED) is 0.372. The van der Waals surface area contributed by atoms with Crippen LogP contribution in [0.25, 0.3) is 0 Å². The van der Waals surface area contributed by atoms with Gasteiger partial charge in [0.05, 0.1) is 28.8 Å². The maximum atomic E-state index is 12.0. The molecule has 2 aromatic carbocycles. The van der Waals surface area contributed by atoms with Gasteiger partial charge in [0.25, 0.3) is 17.5 Å². The van der Waals surface area contributed by atoms with E-state index in [-0.39, 0.29) is 23.5 Å². The average molecular weight is 421 g/mol. The molecule has 2 aromatic rings. The van der Waals surface area contributed by atoms with Crippen molar-refractivity contribution in [2.24, 2.45) is 5.10 Å². The van der Waals surface area contributed by atoms with Gasteiger partial charge in [-0.2, -0.15) is 5.10 Å². The number of nitrogens with one attached hydrogen (secondary N) is 2. The second-order valence-electron chi connectivity index (χ2n) is 4.96. The Kier molecular flexibility index (Phi) is 6.39. The lowest BCUT2D eigenvalue weighted by atomic mass is 10.2. The van der Waals surface area contributed by atoms with Gasteiger partial charge in [0.15, 0.2) is 0 Å². The first-order valence-electron chi connectivity index (χ1n) is 7.20. The number of nitro benzene ring substituents is 1. The Hall–Kier alpha value is -3.27. The highest BCUT2D eigenvalue weighted by atomic mass is 79.9. The molecule has 2 rings (SSSR count). The predicted octanol–water partition coefficient (Wildman–Crippen LogP) is 1.94. The summed E-state index contributed by atoms with van der Waals surface area (Å²) in [5, 5.41) is 26.3. The van der Waals surface area contributed by atoms with Crippen molar-refractivity contribution < 1.29 is 19.6 Å². The minimum absolute atomic E-state index is 0.0209. The number of aromatic hydroxyl groups is 1. The molecule has 0 fully saturated rings. The summed E-state index contributed by atoms with van der Waals surface area (Å²) in [4.78, 5) is 33.9. The van der Waals surface area contributed by atoms with Crippen molar-refractivity contribution in [3.8, 4) is 5.75 Å². The SMILES string of the molecule is O=C(CNC(=O)c1ccccc1Br)N/N=C\c1cc(O)ccc1[N+](=O)[O-]. The summed E-state index contributed by atoms with van der Waals surface area (Å²) in [6, 6.07) is 10.2. The summed E-state index contributed by atoms with van der Waals surface area (Å²) < 4.78 is 0.590. The minimum Gasteiger partial charge on any atom is -0.508 e. The normalized spacial score (nSPS) is 10.5. The fourth-order valence-electron chi connectivity index (χ4n) is 1.93. The molecule has 0 saturated carbocycles. The lowest BCUT2D eigenvalue weighted by Crippen LogP contribution is -2.35. The van der Waals surface area contributed by atoms with Crippen LogP contribution in [-0.4, -0.2) is 34.6 Å². The number of carbonyl (C=O) groups is 2. The summed E-state index contributed by atoms with van der Waals surface area (Å²) in [5.74, 6) is -1.24. The first-order chi connectivity index (χ1) is 12.4.